The molecular formula is C8H11NO2S. The van der Waals surface area contributed by atoms with Gasteiger partial charge in [-0.2, -0.15) is 0 Å². The number of nitrogen functional groups attached to an aromatic ring is 1. The largest absolute Gasteiger partial charge is 0.398 e. The van der Waals surface area contributed by atoms with Crippen LogP contribution in [0.1, 0.15) is 6.92 Å². The molecule has 0 aliphatic carbocycles. The molecule has 0 heterocycles. The summed E-state index contributed by atoms with van der Waals surface area (Å²) in [5.74, 6) is 0.0845. The van der Waals surface area contributed by atoms with E-state index in [9.17, 15) is 8.42 Å². The molecule has 0 aliphatic heterocycles. The molecule has 1 aromatic carbocycles. The van der Waals surface area contributed by atoms with Gasteiger partial charge in [0, 0.05) is 0 Å². The van der Waals surface area contributed by atoms with Crippen LogP contribution in [0, 0.1) is 0 Å². The highest BCUT2D eigenvalue weighted by Crippen LogP contribution is 2.17. The molecule has 0 atom stereocenters. The number of para-hydroxylation sites is 1. The summed E-state index contributed by atoms with van der Waals surface area (Å²) in [7, 11) is -3.15. The first-order valence-electron chi connectivity index (χ1n) is 3.65. The van der Waals surface area contributed by atoms with Gasteiger partial charge >= 0.3 is 0 Å². The fourth-order valence-corrected chi connectivity index (χ4v) is 1.94. The van der Waals surface area contributed by atoms with Crippen molar-refractivity contribution in [2.75, 3.05) is 11.5 Å². The number of hydrogen-bond acceptors (Lipinski definition) is 3. The van der Waals surface area contributed by atoms with Crippen molar-refractivity contribution in [1.29, 1.82) is 0 Å². The molecule has 0 spiro atoms. The average Bonchev–Trinajstić information content (AvgIpc) is 2.05. The van der Waals surface area contributed by atoms with Gasteiger partial charge in [-0.3, -0.25) is 0 Å². The van der Waals surface area contributed by atoms with Crippen LogP contribution >= 0.6 is 0 Å². The van der Waals surface area contributed by atoms with E-state index in [0.717, 1.165) is 0 Å². The van der Waals surface area contributed by atoms with Gasteiger partial charge in [0.15, 0.2) is 9.84 Å². The molecule has 0 bridgehead atoms. The zero-order chi connectivity index (χ0) is 9.19. The second-order valence-electron chi connectivity index (χ2n) is 2.44. The summed E-state index contributed by atoms with van der Waals surface area (Å²) >= 11 is 0. The molecular weight excluding hydrogens is 174 g/mol. The minimum Gasteiger partial charge on any atom is -0.398 e. The molecule has 0 saturated carbocycles. The van der Waals surface area contributed by atoms with Gasteiger partial charge in [-0.05, 0) is 12.1 Å². The Labute approximate surface area is 72.1 Å². The van der Waals surface area contributed by atoms with Crippen LogP contribution in [0.4, 0.5) is 5.69 Å². The van der Waals surface area contributed by atoms with Crippen molar-refractivity contribution in [3.8, 4) is 0 Å². The van der Waals surface area contributed by atoms with Crippen LogP contribution in [-0.2, 0) is 9.84 Å². The summed E-state index contributed by atoms with van der Waals surface area (Å²) in [6.45, 7) is 1.60. The molecule has 0 unspecified atom stereocenters. The fraction of sp³-hybridized carbons (Fsp3) is 0.250. The monoisotopic (exact) mass is 185 g/mol. The summed E-state index contributed by atoms with van der Waals surface area (Å²) in [5, 5.41) is 0. The Hall–Kier alpha value is -1.03. The maximum Gasteiger partial charge on any atom is 0.180 e. The number of benzene rings is 1. The summed E-state index contributed by atoms with van der Waals surface area (Å²) in [4.78, 5) is 0.229. The molecule has 0 fully saturated rings. The van der Waals surface area contributed by atoms with Crippen molar-refractivity contribution in [3.63, 3.8) is 0 Å². The molecule has 0 aliphatic rings. The van der Waals surface area contributed by atoms with E-state index in [1.807, 2.05) is 0 Å². The van der Waals surface area contributed by atoms with E-state index in [4.69, 9.17) is 5.73 Å². The Morgan fingerprint density at radius 2 is 1.92 bits per heavy atom. The highest BCUT2D eigenvalue weighted by atomic mass is 32.2. The third-order valence-corrected chi connectivity index (χ3v) is 3.44. The Morgan fingerprint density at radius 1 is 1.33 bits per heavy atom. The molecule has 0 aromatic heterocycles. The lowest BCUT2D eigenvalue weighted by molar-refractivity contribution is 0.597. The first-order chi connectivity index (χ1) is 5.58. The van der Waals surface area contributed by atoms with Gasteiger partial charge in [-0.1, -0.05) is 19.1 Å². The van der Waals surface area contributed by atoms with E-state index in [0.29, 0.717) is 5.69 Å². The van der Waals surface area contributed by atoms with E-state index in [-0.39, 0.29) is 10.6 Å². The van der Waals surface area contributed by atoms with Crippen LogP contribution in [-0.4, -0.2) is 14.2 Å². The number of nitrogens with two attached hydrogens (primary N) is 1. The Kier molecular flexibility index (Phi) is 2.38. The molecule has 3 nitrogen and oxygen atoms in total. The zero-order valence-electron chi connectivity index (χ0n) is 6.82. The Morgan fingerprint density at radius 3 is 2.42 bits per heavy atom. The summed E-state index contributed by atoms with van der Waals surface area (Å²) < 4.78 is 22.7. The first kappa shape index (κ1) is 9.06. The lowest BCUT2D eigenvalue weighted by atomic mass is 10.3. The van der Waals surface area contributed by atoms with Crippen LogP contribution in [0.15, 0.2) is 29.2 Å². The summed E-state index contributed by atoms with van der Waals surface area (Å²) in [6, 6.07) is 6.49. The normalized spacial score (nSPS) is 11.4. The maximum atomic E-state index is 11.3. The Balaban J connectivity index is 3.30. The SMILES string of the molecule is CCS(=O)(=O)c1ccccc1N. The number of rotatable bonds is 2. The molecule has 0 amide bonds. The van der Waals surface area contributed by atoms with Crippen molar-refractivity contribution in [3.05, 3.63) is 24.3 Å². The highest BCUT2D eigenvalue weighted by Gasteiger charge is 2.13. The summed E-state index contributed by atoms with van der Waals surface area (Å²) in [5.41, 5.74) is 5.82. The molecule has 1 rings (SSSR count). The number of hydrogen-bond donors (Lipinski definition) is 1. The summed E-state index contributed by atoms with van der Waals surface area (Å²) in [6.07, 6.45) is 0. The number of anilines is 1. The van der Waals surface area contributed by atoms with Gasteiger partial charge in [0.1, 0.15) is 0 Å². The van der Waals surface area contributed by atoms with Gasteiger partial charge < -0.3 is 5.73 Å². The van der Waals surface area contributed by atoms with Crippen LogP contribution in [0.5, 0.6) is 0 Å². The zero-order valence-corrected chi connectivity index (χ0v) is 7.64. The van der Waals surface area contributed by atoms with E-state index >= 15 is 0 Å². The molecule has 0 radical (unpaired) electrons. The maximum absolute atomic E-state index is 11.3. The first-order valence-corrected chi connectivity index (χ1v) is 5.30. The quantitative estimate of drug-likeness (QED) is 0.701. The lowest BCUT2D eigenvalue weighted by Crippen LogP contribution is -2.06. The lowest BCUT2D eigenvalue weighted by Gasteiger charge is -2.03. The van der Waals surface area contributed by atoms with Gasteiger partial charge in [-0.15, -0.1) is 0 Å². The van der Waals surface area contributed by atoms with Crippen LogP contribution in [0.2, 0.25) is 0 Å². The van der Waals surface area contributed by atoms with Crippen LogP contribution in [0.25, 0.3) is 0 Å². The molecule has 12 heavy (non-hydrogen) atoms. The van der Waals surface area contributed by atoms with Gasteiger partial charge in [0.2, 0.25) is 0 Å². The average molecular weight is 185 g/mol. The molecule has 1 aromatic rings. The predicted octanol–water partition coefficient (Wildman–Crippen LogP) is 1.06. The van der Waals surface area contributed by atoms with Crippen molar-refractivity contribution in [1.82, 2.24) is 0 Å². The van der Waals surface area contributed by atoms with Crippen molar-refractivity contribution in [2.45, 2.75) is 11.8 Å². The minimum atomic E-state index is -3.15. The minimum absolute atomic E-state index is 0.0845. The molecule has 0 saturated heterocycles. The van der Waals surface area contributed by atoms with Crippen molar-refractivity contribution >= 4 is 15.5 Å². The smallest absolute Gasteiger partial charge is 0.180 e. The van der Waals surface area contributed by atoms with Crippen LogP contribution in [0.3, 0.4) is 0 Å². The third-order valence-electron chi connectivity index (χ3n) is 1.63. The Bertz CT molecular complexity index is 370. The second kappa shape index (κ2) is 3.15. The molecule has 66 valence electrons. The van der Waals surface area contributed by atoms with Gasteiger partial charge in [-0.25, -0.2) is 8.42 Å². The van der Waals surface area contributed by atoms with E-state index < -0.39 is 9.84 Å². The molecule has 2 N–H and O–H groups in total. The fourth-order valence-electron chi connectivity index (χ4n) is 0.919. The van der Waals surface area contributed by atoms with Crippen LogP contribution < -0.4 is 5.73 Å². The number of sulfone groups is 1. The topological polar surface area (TPSA) is 60.2 Å². The molecule has 4 heteroatoms. The highest BCUT2D eigenvalue weighted by molar-refractivity contribution is 7.91. The van der Waals surface area contributed by atoms with Crippen molar-refractivity contribution < 1.29 is 8.42 Å². The van der Waals surface area contributed by atoms with Gasteiger partial charge in [0.05, 0.1) is 16.3 Å². The second-order valence-corrected chi connectivity index (χ2v) is 4.69. The van der Waals surface area contributed by atoms with E-state index in [1.54, 1.807) is 25.1 Å². The van der Waals surface area contributed by atoms with E-state index in [2.05, 4.69) is 0 Å². The van der Waals surface area contributed by atoms with E-state index in [1.165, 1.54) is 6.07 Å². The predicted molar refractivity (Wildman–Crippen MR) is 48.6 cm³/mol. The standard InChI is InChI=1S/C8H11NO2S/c1-2-12(10,11)8-6-4-3-5-7(8)9/h3-6H,2,9H2,1H3. The van der Waals surface area contributed by atoms with Gasteiger partial charge in [0.25, 0.3) is 0 Å². The third kappa shape index (κ3) is 1.58. The van der Waals surface area contributed by atoms with Crippen molar-refractivity contribution in [2.24, 2.45) is 0 Å².